The van der Waals surface area contributed by atoms with Crippen LogP contribution >= 0.6 is 23.1 Å². The van der Waals surface area contributed by atoms with Crippen LogP contribution in [0.1, 0.15) is 52.1 Å². The third-order valence-corrected chi connectivity index (χ3v) is 6.24. The van der Waals surface area contributed by atoms with E-state index < -0.39 is 0 Å². The molecule has 2 aromatic heterocycles. The van der Waals surface area contributed by atoms with Crippen LogP contribution in [-0.2, 0) is 6.54 Å². The number of nitrogens with one attached hydrogen (secondary N) is 1. The molecule has 0 radical (unpaired) electrons. The van der Waals surface area contributed by atoms with Gasteiger partial charge in [0.05, 0.1) is 5.69 Å². The summed E-state index contributed by atoms with van der Waals surface area (Å²) in [7, 11) is 0. The Balaban J connectivity index is 1.79. The summed E-state index contributed by atoms with van der Waals surface area (Å²) in [5.74, 6) is 0.872. The molecule has 2 unspecified atom stereocenters. The predicted molar refractivity (Wildman–Crippen MR) is 92.3 cm³/mol. The normalized spacial score (nSPS) is 23.2. The number of nitrogens with zero attached hydrogens (tertiary/aromatic N) is 2. The summed E-state index contributed by atoms with van der Waals surface area (Å²) in [6, 6.07) is 0.502. The second-order valence-electron chi connectivity index (χ2n) is 6.47. The van der Waals surface area contributed by atoms with Gasteiger partial charge in [-0.15, -0.1) is 23.1 Å². The van der Waals surface area contributed by atoms with E-state index in [-0.39, 0.29) is 0 Å². The van der Waals surface area contributed by atoms with Gasteiger partial charge in [-0.1, -0.05) is 33.6 Å². The van der Waals surface area contributed by atoms with E-state index in [2.05, 4.69) is 42.1 Å². The highest BCUT2D eigenvalue weighted by Crippen LogP contribution is 2.37. The Bertz CT molecular complexity index is 587. The van der Waals surface area contributed by atoms with Crippen molar-refractivity contribution < 1.29 is 0 Å². The maximum Gasteiger partial charge on any atom is 0.194 e. The van der Waals surface area contributed by atoms with Gasteiger partial charge in [-0.25, -0.2) is 4.98 Å². The summed E-state index contributed by atoms with van der Waals surface area (Å²) < 4.78 is 2.26. The Labute approximate surface area is 135 Å². The summed E-state index contributed by atoms with van der Waals surface area (Å²) in [4.78, 5) is 6.00. The Hall–Kier alpha value is -0.520. The molecule has 0 aliphatic heterocycles. The highest BCUT2D eigenvalue weighted by atomic mass is 32.2. The van der Waals surface area contributed by atoms with Gasteiger partial charge < -0.3 is 5.32 Å². The fourth-order valence-corrected chi connectivity index (χ4v) is 5.27. The molecule has 2 heterocycles. The topological polar surface area (TPSA) is 29.3 Å². The first-order valence-electron chi connectivity index (χ1n) is 7.98. The fourth-order valence-electron chi connectivity index (χ4n) is 3.01. The van der Waals surface area contributed by atoms with Crippen LogP contribution in [0.3, 0.4) is 0 Å². The molecule has 1 aliphatic carbocycles. The molecular weight excluding hydrogens is 298 g/mol. The largest absolute Gasteiger partial charge is 0.309 e. The lowest BCUT2D eigenvalue weighted by Gasteiger charge is -2.25. The number of imidazole rings is 1. The molecule has 1 N–H and O–H groups in total. The first-order chi connectivity index (χ1) is 10.1. The summed E-state index contributed by atoms with van der Waals surface area (Å²) in [5.41, 5.74) is 1.34. The van der Waals surface area contributed by atoms with E-state index in [1.54, 1.807) is 11.3 Å². The number of thiazole rings is 1. The molecule has 116 valence electrons. The lowest BCUT2D eigenvalue weighted by molar-refractivity contribution is 0.394. The second-order valence-corrected chi connectivity index (χ2v) is 8.63. The highest BCUT2D eigenvalue weighted by molar-refractivity contribution is 7.99. The molecule has 1 saturated carbocycles. The van der Waals surface area contributed by atoms with E-state index in [1.165, 1.54) is 36.4 Å². The van der Waals surface area contributed by atoms with Gasteiger partial charge in [-0.2, -0.15) is 0 Å². The van der Waals surface area contributed by atoms with Crippen molar-refractivity contribution in [1.29, 1.82) is 0 Å². The standard InChI is InChI=1S/C16H25N3S2/c1-11(2)17-10-14-15(18-16-19(14)7-8-20-16)21-13-6-4-5-12(3)9-13/h7-8,11-13,17H,4-6,9-10H2,1-3H3. The molecule has 0 bridgehead atoms. The lowest BCUT2D eigenvalue weighted by atomic mass is 9.91. The number of thioether (sulfide) groups is 1. The molecule has 3 rings (SSSR count). The van der Waals surface area contributed by atoms with Crippen LogP contribution in [0.15, 0.2) is 16.6 Å². The van der Waals surface area contributed by atoms with Gasteiger partial charge in [-0.05, 0) is 18.8 Å². The minimum Gasteiger partial charge on any atom is -0.309 e. The summed E-state index contributed by atoms with van der Waals surface area (Å²) in [5, 5.41) is 7.66. The van der Waals surface area contributed by atoms with Crippen LogP contribution < -0.4 is 5.32 Å². The summed E-state index contributed by atoms with van der Waals surface area (Å²) >= 11 is 3.74. The highest BCUT2D eigenvalue weighted by Gasteiger charge is 2.23. The number of hydrogen-bond donors (Lipinski definition) is 1. The molecule has 1 aliphatic rings. The van der Waals surface area contributed by atoms with Crippen molar-refractivity contribution in [2.45, 2.75) is 69.3 Å². The van der Waals surface area contributed by atoms with Crippen LogP contribution in [0.5, 0.6) is 0 Å². The number of aromatic nitrogens is 2. The van der Waals surface area contributed by atoms with Gasteiger partial charge in [0, 0.05) is 29.4 Å². The maximum absolute atomic E-state index is 4.87. The predicted octanol–water partition coefficient (Wildman–Crippen LogP) is 4.56. The quantitative estimate of drug-likeness (QED) is 0.874. The molecule has 0 saturated heterocycles. The van der Waals surface area contributed by atoms with Crippen molar-refractivity contribution in [2.75, 3.05) is 0 Å². The Kier molecular flexibility index (Phi) is 4.92. The molecule has 2 aromatic rings. The van der Waals surface area contributed by atoms with Gasteiger partial charge in [0.25, 0.3) is 0 Å². The van der Waals surface area contributed by atoms with Crippen LogP contribution in [0.25, 0.3) is 4.96 Å². The van der Waals surface area contributed by atoms with Gasteiger partial charge in [-0.3, -0.25) is 4.40 Å². The molecule has 0 spiro atoms. The minimum absolute atomic E-state index is 0.502. The van der Waals surface area contributed by atoms with Crippen molar-refractivity contribution in [2.24, 2.45) is 5.92 Å². The van der Waals surface area contributed by atoms with E-state index in [9.17, 15) is 0 Å². The average Bonchev–Trinajstić information content (AvgIpc) is 2.97. The van der Waals surface area contributed by atoms with Gasteiger partial charge in [0.15, 0.2) is 4.96 Å². The minimum atomic E-state index is 0.502. The SMILES string of the molecule is CC1CCCC(Sc2nc3sccn3c2CNC(C)C)C1. The molecule has 1 fully saturated rings. The van der Waals surface area contributed by atoms with E-state index in [0.717, 1.165) is 22.7 Å². The van der Waals surface area contributed by atoms with Crippen LogP contribution in [0, 0.1) is 5.92 Å². The zero-order valence-corrected chi connectivity index (χ0v) is 14.8. The van der Waals surface area contributed by atoms with Crippen LogP contribution in [-0.4, -0.2) is 20.7 Å². The average molecular weight is 324 g/mol. The zero-order chi connectivity index (χ0) is 14.8. The molecule has 5 heteroatoms. The van der Waals surface area contributed by atoms with Gasteiger partial charge in [0.2, 0.25) is 0 Å². The second kappa shape index (κ2) is 6.71. The third-order valence-electron chi connectivity index (χ3n) is 4.17. The van der Waals surface area contributed by atoms with Crippen molar-refractivity contribution in [1.82, 2.24) is 14.7 Å². The van der Waals surface area contributed by atoms with Gasteiger partial charge in [0.1, 0.15) is 5.03 Å². The monoisotopic (exact) mass is 323 g/mol. The molecular formula is C16H25N3S2. The number of fused-ring (bicyclic) bond motifs is 1. The Morgan fingerprint density at radius 1 is 1.48 bits per heavy atom. The van der Waals surface area contributed by atoms with E-state index >= 15 is 0 Å². The fraction of sp³-hybridized carbons (Fsp3) is 0.688. The maximum atomic E-state index is 4.87. The summed E-state index contributed by atoms with van der Waals surface area (Å²) in [6.45, 7) is 7.68. The molecule has 0 aromatic carbocycles. The van der Waals surface area contributed by atoms with Crippen molar-refractivity contribution in [3.63, 3.8) is 0 Å². The molecule has 21 heavy (non-hydrogen) atoms. The van der Waals surface area contributed by atoms with E-state index in [0.29, 0.717) is 6.04 Å². The third kappa shape index (κ3) is 3.63. The van der Waals surface area contributed by atoms with E-state index in [4.69, 9.17) is 4.98 Å². The van der Waals surface area contributed by atoms with Crippen molar-refractivity contribution in [3.8, 4) is 0 Å². The zero-order valence-electron chi connectivity index (χ0n) is 13.1. The van der Waals surface area contributed by atoms with E-state index in [1.807, 2.05) is 11.8 Å². The Morgan fingerprint density at radius 3 is 3.10 bits per heavy atom. The van der Waals surface area contributed by atoms with Crippen molar-refractivity contribution >= 4 is 28.1 Å². The molecule has 2 atom stereocenters. The smallest absolute Gasteiger partial charge is 0.194 e. The first-order valence-corrected chi connectivity index (χ1v) is 9.74. The molecule has 0 amide bonds. The number of hydrogen-bond acceptors (Lipinski definition) is 4. The van der Waals surface area contributed by atoms with Crippen molar-refractivity contribution in [3.05, 3.63) is 17.3 Å². The van der Waals surface area contributed by atoms with Gasteiger partial charge >= 0.3 is 0 Å². The van der Waals surface area contributed by atoms with Crippen LogP contribution in [0.4, 0.5) is 0 Å². The lowest BCUT2D eigenvalue weighted by Crippen LogP contribution is -2.23. The Morgan fingerprint density at radius 2 is 2.33 bits per heavy atom. The molecule has 3 nitrogen and oxygen atoms in total. The summed E-state index contributed by atoms with van der Waals surface area (Å²) in [6.07, 6.45) is 7.61. The number of rotatable bonds is 5. The van der Waals surface area contributed by atoms with Crippen LogP contribution in [0.2, 0.25) is 0 Å². The first kappa shape index (κ1) is 15.4.